The van der Waals surface area contributed by atoms with E-state index in [1.165, 1.54) is 0 Å². The third kappa shape index (κ3) is 1.31. The maximum atomic E-state index is 12.2. The fourth-order valence-corrected chi connectivity index (χ4v) is 1.74. The number of hydrogen-bond donors (Lipinski definition) is 2. The van der Waals surface area contributed by atoms with Gasteiger partial charge in [-0.05, 0) is 12.1 Å². The van der Waals surface area contributed by atoms with Crippen molar-refractivity contribution < 1.29 is 4.42 Å². The van der Waals surface area contributed by atoms with E-state index in [1.807, 2.05) is 0 Å². The number of aromatic nitrogens is 2. The first-order valence-corrected chi connectivity index (χ1v) is 4.91. The second kappa shape index (κ2) is 3.18. The zero-order valence-corrected chi connectivity index (χ0v) is 8.68. The number of nitrogens with two attached hydrogens (primary N) is 2. The van der Waals surface area contributed by atoms with Gasteiger partial charge in [0.25, 0.3) is 0 Å². The van der Waals surface area contributed by atoms with Crippen molar-refractivity contribution in [3.8, 4) is 0 Å². The van der Waals surface area contributed by atoms with Crippen LogP contribution in [0.4, 0.5) is 11.8 Å². The number of rotatable bonds is 0. The molecule has 0 amide bonds. The number of nitrogens with zero attached hydrogens (tertiary/aromatic N) is 2. The lowest BCUT2D eigenvalue weighted by Gasteiger charge is -2.02. The SMILES string of the molecule is Nc1nc(N)c2c(=O)c3ccccc3oc2n1. The second-order valence-electron chi connectivity index (χ2n) is 3.57. The molecule has 0 aliphatic heterocycles. The fraction of sp³-hybridized carbons (Fsp3) is 0. The normalized spacial score (nSPS) is 11.1. The number of anilines is 2. The summed E-state index contributed by atoms with van der Waals surface area (Å²) >= 11 is 0. The summed E-state index contributed by atoms with van der Waals surface area (Å²) in [7, 11) is 0. The Hall–Kier alpha value is -2.63. The molecule has 2 heterocycles. The average Bonchev–Trinajstić information content (AvgIpc) is 2.28. The van der Waals surface area contributed by atoms with Crippen molar-refractivity contribution in [2.45, 2.75) is 0 Å². The quantitative estimate of drug-likeness (QED) is 0.553. The van der Waals surface area contributed by atoms with Crippen LogP contribution in [0.25, 0.3) is 22.1 Å². The lowest BCUT2D eigenvalue weighted by atomic mass is 10.2. The molecule has 17 heavy (non-hydrogen) atoms. The van der Waals surface area contributed by atoms with E-state index in [9.17, 15) is 4.79 Å². The molecular formula is C11H8N4O2. The molecule has 0 unspecified atom stereocenters. The van der Waals surface area contributed by atoms with Gasteiger partial charge in [-0.1, -0.05) is 12.1 Å². The van der Waals surface area contributed by atoms with Gasteiger partial charge in [-0.2, -0.15) is 9.97 Å². The molecule has 3 rings (SSSR count). The topological polar surface area (TPSA) is 108 Å². The molecule has 6 heteroatoms. The Bertz CT molecular complexity index is 794. The zero-order valence-electron chi connectivity index (χ0n) is 8.68. The van der Waals surface area contributed by atoms with E-state index in [1.54, 1.807) is 24.3 Å². The standard InChI is InChI=1S/C11H8N4O2/c12-9-7-8(16)5-3-1-2-4-6(5)17-10(7)15-11(13)14-9/h1-4H,(H4,12,13,14,15). The molecule has 0 radical (unpaired) electrons. The van der Waals surface area contributed by atoms with E-state index >= 15 is 0 Å². The second-order valence-corrected chi connectivity index (χ2v) is 3.57. The zero-order chi connectivity index (χ0) is 12.0. The first-order valence-electron chi connectivity index (χ1n) is 4.91. The molecule has 0 atom stereocenters. The maximum absolute atomic E-state index is 12.2. The minimum absolute atomic E-state index is 0.0200. The van der Waals surface area contributed by atoms with Gasteiger partial charge in [0.1, 0.15) is 16.8 Å². The summed E-state index contributed by atoms with van der Waals surface area (Å²) in [6, 6.07) is 6.87. The van der Waals surface area contributed by atoms with Gasteiger partial charge in [-0.25, -0.2) is 0 Å². The molecule has 0 bridgehead atoms. The van der Waals surface area contributed by atoms with Gasteiger partial charge >= 0.3 is 0 Å². The lowest BCUT2D eigenvalue weighted by Crippen LogP contribution is -2.09. The molecule has 1 aromatic carbocycles. The molecule has 0 aliphatic rings. The number of fused-ring (bicyclic) bond motifs is 2. The number of benzene rings is 1. The third-order valence-corrected chi connectivity index (χ3v) is 2.49. The highest BCUT2D eigenvalue weighted by atomic mass is 16.3. The highest BCUT2D eigenvalue weighted by Crippen LogP contribution is 2.20. The Morgan fingerprint density at radius 3 is 2.71 bits per heavy atom. The molecule has 4 N–H and O–H groups in total. The van der Waals surface area contributed by atoms with Crippen molar-refractivity contribution >= 4 is 33.8 Å². The van der Waals surface area contributed by atoms with Crippen LogP contribution < -0.4 is 16.9 Å². The van der Waals surface area contributed by atoms with Crippen LogP contribution in [0.3, 0.4) is 0 Å². The molecule has 0 saturated heterocycles. The Labute approximate surface area is 94.9 Å². The molecule has 0 fully saturated rings. The Kier molecular flexibility index (Phi) is 1.79. The summed E-state index contributed by atoms with van der Waals surface area (Å²) in [5.41, 5.74) is 11.4. The molecular weight excluding hydrogens is 220 g/mol. The van der Waals surface area contributed by atoms with Crippen molar-refractivity contribution in [2.24, 2.45) is 0 Å². The lowest BCUT2D eigenvalue weighted by molar-refractivity contribution is 0.644. The molecule has 3 aromatic rings. The number of para-hydroxylation sites is 1. The maximum Gasteiger partial charge on any atom is 0.237 e. The summed E-state index contributed by atoms with van der Waals surface area (Å²) < 4.78 is 5.48. The monoisotopic (exact) mass is 228 g/mol. The van der Waals surface area contributed by atoms with E-state index in [-0.39, 0.29) is 28.3 Å². The summed E-state index contributed by atoms with van der Waals surface area (Å²) in [4.78, 5) is 19.8. The summed E-state index contributed by atoms with van der Waals surface area (Å²) in [5, 5.41) is 0.609. The van der Waals surface area contributed by atoms with Crippen LogP contribution in [-0.4, -0.2) is 9.97 Å². The third-order valence-electron chi connectivity index (χ3n) is 2.49. The van der Waals surface area contributed by atoms with Gasteiger partial charge in [0.05, 0.1) is 5.39 Å². The minimum Gasteiger partial charge on any atom is -0.437 e. The van der Waals surface area contributed by atoms with Gasteiger partial charge in [-0.15, -0.1) is 0 Å². The van der Waals surface area contributed by atoms with E-state index in [4.69, 9.17) is 15.9 Å². The van der Waals surface area contributed by atoms with Gasteiger partial charge in [-0.3, -0.25) is 4.79 Å². The van der Waals surface area contributed by atoms with Gasteiger partial charge in [0, 0.05) is 0 Å². The predicted octanol–water partition coefficient (Wildman–Crippen LogP) is 0.901. The largest absolute Gasteiger partial charge is 0.437 e. The highest BCUT2D eigenvalue weighted by molar-refractivity contribution is 5.93. The van der Waals surface area contributed by atoms with Crippen LogP contribution >= 0.6 is 0 Å². The van der Waals surface area contributed by atoms with Crippen molar-refractivity contribution in [1.29, 1.82) is 0 Å². The van der Waals surface area contributed by atoms with Gasteiger partial charge in [0.15, 0.2) is 0 Å². The molecule has 84 valence electrons. The van der Waals surface area contributed by atoms with Gasteiger partial charge in [0.2, 0.25) is 17.1 Å². The summed E-state index contributed by atoms with van der Waals surface area (Å²) in [6.07, 6.45) is 0. The van der Waals surface area contributed by atoms with E-state index in [0.717, 1.165) is 0 Å². The number of hydrogen-bond acceptors (Lipinski definition) is 6. The Morgan fingerprint density at radius 1 is 1.12 bits per heavy atom. The molecule has 0 aliphatic carbocycles. The number of nitrogen functional groups attached to an aromatic ring is 2. The molecule has 6 nitrogen and oxygen atoms in total. The fourth-order valence-electron chi connectivity index (χ4n) is 1.74. The predicted molar refractivity (Wildman–Crippen MR) is 64.4 cm³/mol. The smallest absolute Gasteiger partial charge is 0.237 e. The van der Waals surface area contributed by atoms with Crippen LogP contribution in [0.5, 0.6) is 0 Å². The van der Waals surface area contributed by atoms with Crippen molar-refractivity contribution in [3.63, 3.8) is 0 Å². The highest BCUT2D eigenvalue weighted by Gasteiger charge is 2.12. The summed E-state index contributed by atoms with van der Waals surface area (Å²) in [6.45, 7) is 0. The Morgan fingerprint density at radius 2 is 1.88 bits per heavy atom. The minimum atomic E-state index is -0.251. The van der Waals surface area contributed by atoms with Crippen molar-refractivity contribution in [2.75, 3.05) is 11.5 Å². The first-order chi connectivity index (χ1) is 8.16. The summed E-state index contributed by atoms with van der Waals surface area (Å²) in [5.74, 6) is 0.0143. The van der Waals surface area contributed by atoms with Gasteiger partial charge < -0.3 is 15.9 Å². The van der Waals surface area contributed by atoms with Crippen LogP contribution in [-0.2, 0) is 0 Å². The van der Waals surface area contributed by atoms with E-state index in [0.29, 0.717) is 11.0 Å². The average molecular weight is 228 g/mol. The van der Waals surface area contributed by atoms with Crippen LogP contribution in [0, 0.1) is 0 Å². The molecule has 0 saturated carbocycles. The first kappa shape index (κ1) is 9.59. The van der Waals surface area contributed by atoms with Crippen molar-refractivity contribution in [1.82, 2.24) is 9.97 Å². The van der Waals surface area contributed by atoms with Crippen LogP contribution in [0.15, 0.2) is 33.5 Å². The Balaban J connectivity index is 2.64. The van der Waals surface area contributed by atoms with E-state index < -0.39 is 0 Å². The molecule has 2 aromatic heterocycles. The van der Waals surface area contributed by atoms with Crippen LogP contribution in [0.2, 0.25) is 0 Å². The van der Waals surface area contributed by atoms with Crippen molar-refractivity contribution in [3.05, 3.63) is 34.5 Å². The van der Waals surface area contributed by atoms with Crippen LogP contribution in [0.1, 0.15) is 0 Å². The molecule has 0 spiro atoms. The van der Waals surface area contributed by atoms with E-state index in [2.05, 4.69) is 9.97 Å².